The van der Waals surface area contributed by atoms with Crippen LogP contribution in [0, 0.1) is 0 Å². The molecule has 0 radical (unpaired) electrons. The standard InChI is InChI=1S/C40H43NO6/c1-4-7-10-12-23-46-39(44)31-20-16-27-25-14-18-29-35-30(38(43)41(37(29)42)22-9-6-3)19-15-26(33(25)35)28-17-21-32(36(31)34(27)28)40(45)47-24-13-11-8-5-2/h14-21H,4-13,22-24H2,1-3H3. The number of amides is 2. The summed E-state index contributed by atoms with van der Waals surface area (Å²) < 4.78 is 11.5. The van der Waals surface area contributed by atoms with Crippen molar-refractivity contribution in [3.63, 3.8) is 0 Å². The van der Waals surface area contributed by atoms with Gasteiger partial charge < -0.3 is 9.47 Å². The fourth-order valence-electron chi connectivity index (χ4n) is 7.03. The van der Waals surface area contributed by atoms with E-state index >= 15 is 0 Å². The second kappa shape index (κ2) is 14.1. The molecule has 0 saturated carbocycles. The van der Waals surface area contributed by atoms with Gasteiger partial charge in [0.15, 0.2) is 0 Å². The molecule has 47 heavy (non-hydrogen) atoms. The maximum Gasteiger partial charge on any atom is 0.338 e. The van der Waals surface area contributed by atoms with Crippen LogP contribution in [0.1, 0.15) is 126 Å². The Labute approximate surface area is 275 Å². The van der Waals surface area contributed by atoms with E-state index in [1.165, 1.54) is 4.90 Å². The molecule has 0 unspecified atom stereocenters. The zero-order valence-electron chi connectivity index (χ0n) is 27.7. The molecule has 0 atom stereocenters. The molecule has 0 spiro atoms. The van der Waals surface area contributed by atoms with Crippen molar-refractivity contribution in [2.45, 2.75) is 85.0 Å². The summed E-state index contributed by atoms with van der Waals surface area (Å²) in [6.07, 6.45) is 9.47. The highest BCUT2D eigenvalue weighted by Gasteiger charge is 2.34. The fourth-order valence-corrected chi connectivity index (χ4v) is 7.03. The second-order valence-corrected chi connectivity index (χ2v) is 12.7. The number of imide groups is 1. The number of unbranched alkanes of at least 4 members (excludes halogenated alkanes) is 7. The number of hydrogen-bond acceptors (Lipinski definition) is 6. The van der Waals surface area contributed by atoms with Crippen molar-refractivity contribution in [1.29, 1.82) is 0 Å². The summed E-state index contributed by atoms with van der Waals surface area (Å²) in [5.74, 6) is -1.49. The predicted octanol–water partition coefficient (Wildman–Crippen LogP) is 9.61. The first-order valence-corrected chi connectivity index (χ1v) is 17.3. The van der Waals surface area contributed by atoms with Crippen LogP contribution in [0.2, 0.25) is 0 Å². The molecule has 7 heteroatoms. The molecule has 6 rings (SSSR count). The van der Waals surface area contributed by atoms with Gasteiger partial charge in [0.2, 0.25) is 0 Å². The van der Waals surface area contributed by atoms with Crippen LogP contribution in [0.25, 0.3) is 43.1 Å². The molecule has 0 N–H and O–H groups in total. The van der Waals surface area contributed by atoms with Crippen molar-refractivity contribution in [2.75, 3.05) is 19.8 Å². The van der Waals surface area contributed by atoms with E-state index in [1.54, 1.807) is 12.1 Å². The quantitative estimate of drug-likeness (QED) is 0.0375. The van der Waals surface area contributed by atoms with Crippen LogP contribution < -0.4 is 0 Å². The maximum absolute atomic E-state index is 13.6. The molecule has 0 bridgehead atoms. The topological polar surface area (TPSA) is 90.0 Å². The van der Waals surface area contributed by atoms with Gasteiger partial charge in [-0.15, -0.1) is 0 Å². The molecule has 7 nitrogen and oxygen atoms in total. The molecule has 5 aromatic rings. The minimum absolute atomic E-state index is 0.273. The highest BCUT2D eigenvalue weighted by Crippen LogP contribution is 2.45. The summed E-state index contributed by atoms with van der Waals surface area (Å²) in [7, 11) is 0. The number of fused-ring (bicyclic) bond motifs is 2. The minimum Gasteiger partial charge on any atom is -0.462 e. The van der Waals surface area contributed by atoms with Crippen LogP contribution in [0.3, 0.4) is 0 Å². The van der Waals surface area contributed by atoms with Gasteiger partial charge in [-0.3, -0.25) is 14.5 Å². The van der Waals surface area contributed by atoms with Crippen LogP contribution >= 0.6 is 0 Å². The Hall–Kier alpha value is -4.52. The van der Waals surface area contributed by atoms with E-state index in [2.05, 4.69) is 13.8 Å². The summed E-state index contributed by atoms with van der Waals surface area (Å²) in [5.41, 5.74) is 1.68. The SMILES string of the molecule is CCCCCCOC(=O)c1ccc2c3ccc4c5c(ccc(c6ccc(C(=O)OCCCCCC)c1c26)c53)C(=O)N(CCCC)C4=O. The van der Waals surface area contributed by atoms with Crippen LogP contribution in [0.4, 0.5) is 0 Å². The molecule has 244 valence electrons. The van der Waals surface area contributed by atoms with Gasteiger partial charge in [-0.2, -0.15) is 0 Å². The third kappa shape index (κ3) is 5.81. The van der Waals surface area contributed by atoms with E-state index in [1.807, 2.05) is 43.3 Å². The number of benzene rings is 5. The zero-order chi connectivity index (χ0) is 33.1. The molecule has 2 amide bonds. The first kappa shape index (κ1) is 32.4. The third-order valence-corrected chi connectivity index (χ3v) is 9.49. The Morgan fingerprint density at radius 1 is 0.511 bits per heavy atom. The summed E-state index contributed by atoms with van der Waals surface area (Å²) >= 11 is 0. The fraction of sp³-hybridized carbons (Fsp3) is 0.400. The zero-order valence-corrected chi connectivity index (χ0v) is 27.7. The lowest BCUT2D eigenvalue weighted by Crippen LogP contribution is -2.40. The second-order valence-electron chi connectivity index (χ2n) is 12.7. The smallest absolute Gasteiger partial charge is 0.338 e. The number of hydrogen-bond donors (Lipinski definition) is 0. The van der Waals surface area contributed by atoms with Crippen molar-refractivity contribution < 1.29 is 28.7 Å². The lowest BCUT2D eigenvalue weighted by Gasteiger charge is -2.28. The maximum atomic E-state index is 13.6. The van der Waals surface area contributed by atoms with Gasteiger partial charge in [0.05, 0.1) is 24.3 Å². The number of carbonyl (C=O) groups is 4. The van der Waals surface area contributed by atoms with Crippen LogP contribution in [-0.4, -0.2) is 48.4 Å². The van der Waals surface area contributed by atoms with Gasteiger partial charge in [0.25, 0.3) is 11.8 Å². The molecule has 1 aliphatic rings. The summed E-state index contributed by atoms with van der Waals surface area (Å²) in [5, 5.41) is 6.13. The summed E-state index contributed by atoms with van der Waals surface area (Å²) in [6, 6.07) is 14.7. The van der Waals surface area contributed by atoms with Gasteiger partial charge in [0, 0.05) is 28.4 Å². The first-order valence-electron chi connectivity index (χ1n) is 17.3. The average molecular weight is 634 g/mol. The lowest BCUT2D eigenvalue weighted by molar-refractivity contribution is 0.0498. The number of carbonyl (C=O) groups excluding carboxylic acids is 4. The molecule has 0 aromatic heterocycles. The van der Waals surface area contributed by atoms with Crippen molar-refractivity contribution in [3.8, 4) is 0 Å². The molecular formula is C40H43NO6. The lowest BCUT2D eigenvalue weighted by atomic mass is 9.83. The van der Waals surface area contributed by atoms with Gasteiger partial charge in [-0.1, -0.05) is 90.0 Å². The Balaban J connectivity index is 1.53. The largest absolute Gasteiger partial charge is 0.462 e. The molecule has 0 aliphatic carbocycles. The van der Waals surface area contributed by atoms with Crippen LogP contribution in [0.5, 0.6) is 0 Å². The van der Waals surface area contributed by atoms with E-state index in [9.17, 15) is 19.2 Å². The number of esters is 2. The summed E-state index contributed by atoms with van der Waals surface area (Å²) in [6.45, 7) is 7.31. The Bertz CT molecular complexity index is 1860. The van der Waals surface area contributed by atoms with Gasteiger partial charge >= 0.3 is 11.9 Å². The normalized spacial score (nSPS) is 13.0. The van der Waals surface area contributed by atoms with Crippen molar-refractivity contribution in [3.05, 3.63) is 70.8 Å². The molecule has 1 aliphatic heterocycles. The molecular weight excluding hydrogens is 590 g/mol. The monoisotopic (exact) mass is 633 g/mol. The highest BCUT2D eigenvalue weighted by molar-refractivity contribution is 6.39. The number of rotatable bonds is 15. The van der Waals surface area contributed by atoms with Crippen molar-refractivity contribution in [2.24, 2.45) is 0 Å². The Kier molecular flexibility index (Phi) is 9.71. The molecule has 1 heterocycles. The van der Waals surface area contributed by atoms with Crippen LogP contribution in [-0.2, 0) is 9.47 Å². The molecule has 0 fully saturated rings. The van der Waals surface area contributed by atoms with Crippen molar-refractivity contribution >= 4 is 66.8 Å². The minimum atomic E-state index is -0.471. The Morgan fingerprint density at radius 3 is 1.38 bits per heavy atom. The highest BCUT2D eigenvalue weighted by atomic mass is 16.5. The van der Waals surface area contributed by atoms with Gasteiger partial charge in [-0.25, -0.2) is 9.59 Å². The number of ether oxygens (including phenoxy) is 2. The summed E-state index contributed by atoms with van der Waals surface area (Å²) in [4.78, 5) is 55.8. The average Bonchev–Trinajstić information content (AvgIpc) is 3.09. The van der Waals surface area contributed by atoms with Crippen LogP contribution in [0.15, 0.2) is 48.5 Å². The molecule has 0 saturated heterocycles. The third-order valence-electron chi connectivity index (χ3n) is 9.49. The van der Waals surface area contributed by atoms with Crippen molar-refractivity contribution in [1.82, 2.24) is 4.90 Å². The Morgan fingerprint density at radius 2 is 0.936 bits per heavy atom. The van der Waals surface area contributed by atoms with Gasteiger partial charge in [-0.05, 0) is 75.8 Å². The van der Waals surface area contributed by atoms with Gasteiger partial charge in [0.1, 0.15) is 0 Å². The van der Waals surface area contributed by atoms with E-state index in [-0.39, 0.29) is 11.8 Å². The molecule has 5 aromatic carbocycles. The van der Waals surface area contributed by atoms with E-state index < -0.39 is 11.9 Å². The first-order chi connectivity index (χ1) is 22.9. The predicted molar refractivity (Wildman–Crippen MR) is 187 cm³/mol. The number of nitrogens with zero attached hydrogens (tertiary/aromatic N) is 1. The van der Waals surface area contributed by atoms with E-state index in [0.717, 1.165) is 96.5 Å². The van der Waals surface area contributed by atoms with E-state index in [0.29, 0.717) is 52.8 Å². The van der Waals surface area contributed by atoms with E-state index in [4.69, 9.17) is 9.47 Å².